The number of halogens is 1. The maximum Gasteiger partial charge on any atom is 0.255 e. The largest absolute Gasteiger partial charge is 0.471 e. The fourth-order valence-electron chi connectivity index (χ4n) is 0.676. The summed E-state index contributed by atoms with van der Waals surface area (Å²) in [7, 11) is 0. The molecule has 4 heteroatoms. The Labute approximate surface area is 69.4 Å². The number of ether oxygens (including phenoxy) is 1. The van der Waals surface area contributed by atoms with Gasteiger partial charge in [-0.25, -0.2) is 4.98 Å². The minimum absolute atomic E-state index is 0.00606. The van der Waals surface area contributed by atoms with Crippen LogP contribution in [-0.2, 0) is 0 Å². The lowest BCUT2D eigenvalue weighted by molar-refractivity contribution is 0.259. The van der Waals surface area contributed by atoms with Crippen molar-refractivity contribution in [2.24, 2.45) is 0 Å². The number of nitriles is 1. The van der Waals surface area contributed by atoms with Gasteiger partial charge in [-0.15, -0.1) is 0 Å². The van der Waals surface area contributed by atoms with Crippen LogP contribution in [0.3, 0.4) is 0 Å². The molecule has 1 heterocycles. The van der Waals surface area contributed by atoms with E-state index in [2.05, 4.69) is 4.98 Å². The lowest BCUT2D eigenvalue weighted by Gasteiger charge is -2.06. The molecule has 1 aromatic heterocycles. The number of hydrogen-bond donors (Lipinski definition) is 0. The summed E-state index contributed by atoms with van der Waals surface area (Å²) in [6, 6.07) is 4.79. The molecule has 0 radical (unpaired) electrons. The van der Waals surface area contributed by atoms with Crippen LogP contribution in [0, 0.1) is 17.3 Å². The zero-order chi connectivity index (χ0) is 8.97. The van der Waals surface area contributed by atoms with Gasteiger partial charge in [0, 0.05) is 6.20 Å². The first-order valence-corrected chi connectivity index (χ1v) is 3.41. The van der Waals surface area contributed by atoms with Crippen molar-refractivity contribution in [2.75, 3.05) is 0 Å². The monoisotopic (exact) mass is 166 g/mol. The number of pyridine rings is 1. The summed E-state index contributed by atoms with van der Waals surface area (Å²) in [6.07, 6.45) is 0.655. The van der Waals surface area contributed by atoms with Crippen molar-refractivity contribution in [3.63, 3.8) is 0 Å². The Hall–Kier alpha value is -1.63. The molecule has 0 bridgehead atoms. The van der Waals surface area contributed by atoms with Gasteiger partial charge >= 0.3 is 0 Å². The summed E-state index contributed by atoms with van der Waals surface area (Å²) in [5.74, 6) is -0.689. The van der Waals surface area contributed by atoms with Crippen LogP contribution < -0.4 is 4.74 Å². The van der Waals surface area contributed by atoms with Crippen LogP contribution in [0.1, 0.15) is 6.92 Å². The van der Waals surface area contributed by atoms with Gasteiger partial charge in [-0.1, -0.05) is 0 Å². The SMILES string of the molecule is CC(C#N)Oc1cccnc1F. The van der Waals surface area contributed by atoms with Crippen molar-refractivity contribution in [1.29, 1.82) is 5.26 Å². The van der Waals surface area contributed by atoms with Gasteiger partial charge in [0.25, 0.3) is 5.95 Å². The average Bonchev–Trinajstić information content (AvgIpc) is 2.09. The first-order chi connectivity index (χ1) is 5.74. The molecule has 0 aromatic carbocycles. The van der Waals surface area contributed by atoms with E-state index in [9.17, 15) is 4.39 Å². The second-order valence-corrected chi connectivity index (χ2v) is 2.18. The van der Waals surface area contributed by atoms with Gasteiger partial charge in [-0.2, -0.15) is 9.65 Å². The standard InChI is InChI=1S/C8H7FN2O/c1-6(5-10)12-7-3-2-4-11-8(7)9/h2-4,6H,1H3. The molecule has 0 amide bonds. The highest BCUT2D eigenvalue weighted by Gasteiger charge is 2.06. The van der Waals surface area contributed by atoms with E-state index in [0.717, 1.165) is 0 Å². The van der Waals surface area contributed by atoms with Crippen LogP contribution in [0.2, 0.25) is 0 Å². The third-order valence-corrected chi connectivity index (χ3v) is 1.21. The summed E-state index contributed by atoms with van der Waals surface area (Å²) in [5.41, 5.74) is 0. The van der Waals surface area contributed by atoms with E-state index >= 15 is 0 Å². The van der Waals surface area contributed by atoms with E-state index in [1.54, 1.807) is 6.07 Å². The molecule has 0 aliphatic rings. The zero-order valence-electron chi connectivity index (χ0n) is 6.49. The number of aromatic nitrogens is 1. The maximum absolute atomic E-state index is 12.7. The first-order valence-electron chi connectivity index (χ1n) is 3.41. The molecule has 1 rings (SSSR count). The normalized spacial score (nSPS) is 11.8. The topological polar surface area (TPSA) is 45.9 Å². The first kappa shape index (κ1) is 8.47. The van der Waals surface area contributed by atoms with E-state index < -0.39 is 12.1 Å². The highest BCUT2D eigenvalue weighted by atomic mass is 19.1. The molecule has 0 fully saturated rings. The second kappa shape index (κ2) is 3.67. The summed E-state index contributed by atoms with van der Waals surface area (Å²) in [4.78, 5) is 3.37. The number of hydrogen-bond acceptors (Lipinski definition) is 3. The maximum atomic E-state index is 12.7. The van der Waals surface area contributed by atoms with Gasteiger partial charge in [0.1, 0.15) is 6.07 Å². The quantitative estimate of drug-likeness (QED) is 0.625. The fourth-order valence-corrected chi connectivity index (χ4v) is 0.676. The van der Waals surface area contributed by atoms with Crippen molar-refractivity contribution in [3.05, 3.63) is 24.3 Å². The minimum Gasteiger partial charge on any atom is -0.471 e. The summed E-state index contributed by atoms with van der Waals surface area (Å²) < 4.78 is 17.6. The van der Waals surface area contributed by atoms with Gasteiger partial charge in [-0.05, 0) is 19.1 Å². The van der Waals surface area contributed by atoms with Crippen LogP contribution in [-0.4, -0.2) is 11.1 Å². The van der Waals surface area contributed by atoms with Crippen molar-refractivity contribution >= 4 is 0 Å². The molecule has 62 valence electrons. The van der Waals surface area contributed by atoms with Crippen molar-refractivity contribution in [1.82, 2.24) is 4.98 Å². The van der Waals surface area contributed by atoms with Crippen LogP contribution in [0.25, 0.3) is 0 Å². The molecule has 0 aliphatic heterocycles. The molecule has 1 atom stereocenters. The van der Waals surface area contributed by atoms with E-state index in [1.807, 2.05) is 6.07 Å². The van der Waals surface area contributed by atoms with Gasteiger partial charge in [0.15, 0.2) is 11.9 Å². The Morgan fingerprint density at radius 2 is 2.50 bits per heavy atom. The number of nitrogens with zero attached hydrogens (tertiary/aromatic N) is 2. The van der Waals surface area contributed by atoms with Gasteiger partial charge < -0.3 is 4.74 Å². The lowest BCUT2D eigenvalue weighted by atomic mass is 10.4. The van der Waals surface area contributed by atoms with Crippen molar-refractivity contribution in [2.45, 2.75) is 13.0 Å². The smallest absolute Gasteiger partial charge is 0.255 e. The fraction of sp³-hybridized carbons (Fsp3) is 0.250. The zero-order valence-corrected chi connectivity index (χ0v) is 6.49. The van der Waals surface area contributed by atoms with Crippen LogP contribution in [0.5, 0.6) is 5.75 Å². The highest BCUT2D eigenvalue weighted by molar-refractivity contribution is 5.18. The van der Waals surface area contributed by atoms with Crippen LogP contribution in [0.4, 0.5) is 4.39 Å². The predicted molar refractivity (Wildman–Crippen MR) is 39.9 cm³/mol. The van der Waals surface area contributed by atoms with Crippen LogP contribution >= 0.6 is 0 Å². The Kier molecular flexibility index (Phi) is 2.59. The Morgan fingerprint density at radius 3 is 3.08 bits per heavy atom. The molecule has 12 heavy (non-hydrogen) atoms. The average molecular weight is 166 g/mol. The molecule has 0 N–H and O–H groups in total. The molecular weight excluding hydrogens is 159 g/mol. The minimum atomic E-state index is -0.695. The van der Waals surface area contributed by atoms with Crippen molar-refractivity contribution in [3.8, 4) is 11.8 Å². The third-order valence-electron chi connectivity index (χ3n) is 1.21. The Balaban J connectivity index is 2.77. The van der Waals surface area contributed by atoms with Crippen LogP contribution in [0.15, 0.2) is 18.3 Å². The molecule has 1 aromatic rings. The molecule has 0 aliphatic carbocycles. The highest BCUT2D eigenvalue weighted by Crippen LogP contribution is 2.14. The molecule has 0 saturated heterocycles. The molecule has 1 unspecified atom stereocenters. The Bertz CT molecular complexity index is 308. The summed E-state index contributed by atoms with van der Waals surface area (Å²) in [5, 5.41) is 8.37. The van der Waals surface area contributed by atoms with Crippen molar-refractivity contribution < 1.29 is 9.13 Å². The lowest BCUT2D eigenvalue weighted by Crippen LogP contribution is -2.09. The van der Waals surface area contributed by atoms with E-state index in [-0.39, 0.29) is 5.75 Å². The molecular formula is C8H7FN2O. The van der Waals surface area contributed by atoms with Gasteiger partial charge in [0.05, 0.1) is 0 Å². The Morgan fingerprint density at radius 1 is 1.75 bits per heavy atom. The van der Waals surface area contributed by atoms with E-state index in [1.165, 1.54) is 19.2 Å². The number of rotatable bonds is 2. The molecule has 3 nitrogen and oxygen atoms in total. The third kappa shape index (κ3) is 1.92. The van der Waals surface area contributed by atoms with Gasteiger partial charge in [-0.3, -0.25) is 0 Å². The summed E-state index contributed by atoms with van der Waals surface area (Å²) >= 11 is 0. The summed E-state index contributed by atoms with van der Waals surface area (Å²) in [6.45, 7) is 1.53. The molecule has 0 saturated carbocycles. The molecule has 0 spiro atoms. The second-order valence-electron chi connectivity index (χ2n) is 2.18. The van der Waals surface area contributed by atoms with E-state index in [4.69, 9.17) is 10.00 Å². The van der Waals surface area contributed by atoms with Gasteiger partial charge in [0.2, 0.25) is 0 Å². The van der Waals surface area contributed by atoms with E-state index in [0.29, 0.717) is 0 Å². The predicted octanol–water partition coefficient (Wildman–Crippen LogP) is 1.51.